The molecule has 2 saturated heterocycles. The lowest BCUT2D eigenvalue weighted by Gasteiger charge is -2.44. The Balaban J connectivity index is 1.78. The van der Waals surface area contributed by atoms with Gasteiger partial charge < -0.3 is 20.9 Å². The van der Waals surface area contributed by atoms with Crippen LogP contribution < -0.4 is 16.0 Å². The molecule has 0 saturated carbocycles. The van der Waals surface area contributed by atoms with Gasteiger partial charge in [0.05, 0.1) is 0 Å². The van der Waals surface area contributed by atoms with Crippen molar-refractivity contribution in [2.24, 2.45) is 0 Å². The van der Waals surface area contributed by atoms with Gasteiger partial charge in [-0.25, -0.2) is 4.79 Å². The van der Waals surface area contributed by atoms with E-state index in [9.17, 15) is 41.7 Å². The Morgan fingerprint density at radius 3 is 2.36 bits per heavy atom. The Hall–Kier alpha value is -3.70. The minimum Gasteiger partial charge on any atom is -0.356 e. The van der Waals surface area contributed by atoms with Gasteiger partial charge >= 0.3 is 28.1 Å². The predicted molar refractivity (Wildman–Crippen MR) is 137 cm³/mol. The number of urea groups is 1. The summed E-state index contributed by atoms with van der Waals surface area (Å²) in [6, 6.07) is 4.04. The number of carbonyl (C=O) groups is 6. The molecule has 2 aliphatic heterocycles. The monoisotopic (exact) mass is 584 g/mol. The Kier molecular flexibility index (Phi) is 9.52. The van der Waals surface area contributed by atoms with Gasteiger partial charge in [0.25, 0.3) is 5.91 Å². The largest absolute Gasteiger partial charge is 0.363 e. The van der Waals surface area contributed by atoms with Crippen LogP contribution in [0.25, 0.3) is 0 Å². The van der Waals surface area contributed by atoms with E-state index in [1.807, 2.05) is 0 Å². The van der Waals surface area contributed by atoms with Crippen LogP contribution in [0.15, 0.2) is 30.3 Å². The average Bonchev–Trinajstić information content (AvgIpc) is 2.88. The number of benzene rings is 1. The second-order valence-corrected chi connectivity index (χ2v) is 11.0. The van der Waals surface area contributed by atoms with Crippen LogP contribution >= 0.6 is 11.8 Å². The lowest BCUT2D eigenvalue weighted by Crippen LogP contribution is -2.71. The molecule has 1 aromatic carbocycles. The summed E-state index contributed by atoms with van der Waals surface area (Å²) in [6.07, 6.45) is 0. The number of nitrogens with one attached hydrogen (secondary N) is 3. The first-order chi connectivity index (χ1) is 18.4. The van der Waals surface area contributed by atoms with Crippen molar-refractivity contribution in [3.63, 3.8) is 0 Å². The summed E-state index contributed by atoms with van der Waals surface area (Å²) >= 11 is 0.895. The highest BCUT2D eigenvalue weighted by Gasteiger charge is 2.54. The number of imide groups is 1. The van der Waals surface area contributed by atoms with E-state index < -0.39 is 57.4 Å². The zero-order valence-corrected chi connectivity index (χ0v) is 22.7. The van der Waals surface area contributed by atoms with Crippen molar-refractivity contribution in [3.05, 3.63) is 35.9 Å². The number of rotatable bonds is 10. The molecule has 0 spiro atoms. The SMILES string of the molecule is CCN1CCN(C(=O)NC(C(=O)NC2C(=O)N(S(=O)(=O)O)C2SCCNC(C)=O)c2ccccc2)C(=O)C1=O. The molecule has 2 aliphatic rings. The summed E-state index contributed by atoms with van der Waals surface area (Å²) < 4.78 is 33.1. The van der Waals surface area contributed by atoms with Crippen LogP contribution in [0.1, 0.15) is 25.5 Å². The number of likely N-dealkylation sites (N-methyl/N-ethyl adjacent to an activating group) is 1. The summed E-state index contributed by atoms with van der Waals surface area (Å²) in [5, 5.41) is 6.10. The van der Waals surface area contributed by atoms with Crippen LogP contribution in [0.2, 0.25) is 0 Å². The smallest absolute Gasteiger partial charge is 0.356 e. The van der Waals surface area contributed by atoms with Crippen LogP contribution in [0.3, 0.4) is 0 Å². The van der Waals surface area contributed by atoms with Gasteiger partial charge in [-0.15, -0.1) is 11.8 Å². The van der Waals surface area contributed by atoms with E-state index in [2.05, 4.69) is 16.0 Å². The molecular formula is C22H28N6O9S2. The number of β-lactam (4-membered cyclic amide) rings is 1. The number of amides is 7. The normalized spacial score (nSPS) is 20.3. The van der Waals surface area contributed by atoms with Crippen LogP contribution in [0.5, 0.6) is 0 Å². The lowest BCUT2D eigenvalue weighted by atomic mass is 10.0. The summed E-state index contributed by atoms with van der Waals surface area (Å²) in [4.78, 5) is 76.6. The van der Waals surface area contributed by atoms with Crippen molar-refractivity contribution in [2.45, 2.75) is 31.3 Å². The number of hydrogen-bond donors (Lipinski definition) is 4. The number of hydrogen-bond acceptors (Lipinski definition) is 9. The van der Waals surface area contributed by atoms with Gasteiger partial charge in [-0.3, -0.25) is 33.4 Å². The van der Waals surface area contributed by atoms with Gasteiger partial charge in [-0.1, -0.05) is 30.3 Å². The van der Waals surface area contributed by atoms with E-state index >= 15 is 0 Å². The van der Waals surface area contributed by atoms with Crippen LogP contribution in [0, 0.1) is 0 Å². The van der Waals surface area contributed by atoms with Crippen molar-refractivity contribution in [3.8, 4) is 0 Å². The van der Waals surface area contributed by atoms with Gasteiger partial charge in [-0.05, 0) is 12.5 Å². The van der Waals surface area contributed by atoms with E-state index in [0.29, 0.717) is 4.90 Å². The van der Waals surface area contributed by atoms with E-state index in [-0.39, 0.29) is 47.7 Å². The van der Waals surface area contributed by atoms with Crippen LogP contribution in [-0.4, -0.2) is 106 Å². The molecule has 2 fully saturated rings. The minimum absolute atomic E-state index is 0.0924. The quantitative estimate of drug-likeness (QED) is 0.108. The highest BCUT2D eigenvalue weighted by molar-refractivity contribution is 8.00. The van der Waals surface area contributed by atoms with Crippen molar-refractivity contribution >= 4 is 57.6 Å². The van der Waals surface area contributed by atoms with E-state index in [1.54, 1.807) is 25.1 Å². The van der Waals surface area contributed by atoms with Gasteiger partial charge in [0.2, 0.25) is 11.8 Å². The Bertz CT molecular complexity index is 1260. The van der Waals surface area contributed by atoms with Crippen molar-refractivity contribution < 1.29 is 41.7 Å². The molecule has 0 aliphatic carbocycles. The molecule has 15 nitrogen and oxygen atoms in total. The minimum atomic E-state index is -4.94. The molecule has 0 bridgehead atoms. The van der Waals surface area contributed by atoms with Crippen molar-refractivity contribution in [2.75, 3.05) is 31.9 Å². The second-order valence-electron chi connectivity index (χ2n) is 8.48. The predicted octanol–water partition coefficient (Wildman–Crippen LogP) is -1.55. The summed E-state index contributed by atoms with van der Waals surface area (Å²) in [6.45, 7) is 3.42. The molecule has 3 unspecified atom stereocenters. The Morgan fingerprint density at radius 1 is 1.10 bits per heavy atom. The summed E-state index contributed by atoms with van der Waals surface area (Å²) in [5.41, 5.74) is 0.280. The summed E-state index contributed by atoms with van der Waals surface area (Å²) in [7, 11) is -4.94. The second kappa shape index (κ2) is 12.4. The van der Waals surface area contributed by atoms with E-state index in [1.165, 1.54) is 24.0 Å². The first-order valence-corrected chi connectivity index (χ1v) is 14.2. The van der Waals surface area contributed by atoms with E-state index in [4.69, 9.17) is 0 Å². The van der Waals surface area contributed by atoms with Gasteiger partial charge in [0.15, 0.2) is 0 Å². The average molecular weight is 585 g/mol. The topological polar surface area (TPSA) is 203 Å². The molecule has 39 heavy (non-hydrogen) atoms. The molecule has 3 atom stereocenters. The van der Waals surface area contributed by atoms with E-state index in [0.717, 1.165) is 11.8 Å². The fourth-order valence-corrected chi connectivity index (χ4v) is 6.25. The zero-order valence-electron chi connectivity index (χ0n) is 21.0. The maximum absolute atomic E-state index is 13.3. The molecule has 0 radical (unpaired) electrons. The van der Waals surface area contributed by atoms with Gasteiger partial charge in [-0.2, -0.15) is 12.7 Å². The lowest BCUT2D eigenvalue weighted by molar-refractivity contribution is -0.153. The highest BCUT2D eigenvalue weighted by Crippen LogP contribution is 2.32. The Morgan fingerprint density at radius 2 is 1.77 bits per heavy atom. The molecule has 0 aromatic heterocycles. The molecule has 4 N–H and O–H groups in total. The van der Waals surface area contributed by atoms with Gasteiger partial charge in [0.1, 0.15) is 17.5 Å². The third-order valence-corrected chi connectivity index (χ3v) is 8.21. The first kappa shape index (κ1) is 29.9. The maximum Gasteiger partial charge on any atom is 0.363 e. The third-order valence-electron chi connectivity index (χ3n) is 5.91. The fraction of sp³-hybridized carbons (Fsp3) is 0.455. The maximum atomic E-state index is 13.3. The number of nitrogens with zero attached hydrogens (tertiary/aromatic N) is 3. The molecular weight excluding hydrogens is 556 g/mol. The number of carbonyl (C=O) groups excluding carboxylic acids is 6. The zero-order chi connectivity index (χ0) is 28.9. The molecule has 2 heterocycles. The molecule has 3 rings (SSSR count). The third kappa shape index (κ3) is 6.85. The molecule has 17 heteroatoms. The molecule has 1 aromatic rings. The van der Waals surface area contributed by atoms with Crippen molar-refractivity contribution in [1.29, 1.82) is 0 Å². The van der Waals surface area contributed by atoms with Crippen molar-refractivity contribution in [1.82, 2.24) is 30.1 Å². The highest BCUT2D eigenvalue weighted by atomic mass is 32.2. The van der Waals surface area contributed by atoms with Crippen LogP contribution in [-0.2, 0) is 34.3 Å². The Labute approximate surface area is 228 Å². The molecule has 212 valence electrons. The standard InChI is InChI=1S/C22H28N6O9S2/c1-3-26-10-11-27(20(33)19(26)32)22(34)25-15(14-7-5-4-6-8-14)17(30)24-16-18(31)28(39(35,36)37)21(16)38-12-9-23-13(2)29/h4-8,15-16,21H,3,9-12H2,1-2H3,(H,23,29)(H,24,30)(H,25,34)(H,35,36,37). The number of piperazine rings is 1. The first-order valence-electron chi connectivity index (χ1n) is 11.8. The summed E-state index contributed by atoms with van der Waals surface area (Å²) in [5.74, 6) is -4.09. The number of thioether (sulfide) groups is 1. The van der Waals surface area contributed by atoms with Crippen LogP contribution in [0.4, 0.5) is 4.79 Å². The molecule has 7 amide bonds. The fourth-order valence-electron chi connectivity index (χ4n) is 3.94. The van der Waals surface area contributed by atoms with Gasteiger partial charge in [0, 0.05) is 38.9 Å².